The lowest BCUT2D eigenvalue weighted by Gasteiger charge is -2.26. The standard InChI is InChI=1S/C39H44Cl2N10O3/c1-23(2)51-21-24(18-44-51)13-16-50-17-14-32-31(22-50)46-37(49(32)3)38(53)47-30-7-5-6-28(34(30)40)36-35(41)27(12-15-43-36)29-10-8-25(39(48-29)54-4)19-42-20-26-9-11-33(52)45-26/h5-8,10,12,15,18,21,23,26,42H,9,11,13-14,16-17,19-20,22H2,1-4H3,(H,45,52)(H,47,53). The van der Waals surface area contributed by atoms with Crippen LogP contribution in [0, 0.1) is 0 Å². The van der Waals surface area contributed by atoms with Crippen molar-refractivity contribution < 1.29 is 14.3 Å². The van der Waals surface area contributed by atoms with Gasteiger partial charge in [-0.15, -0.1) is 0 Å². The number of hydrogen-bond acceptors (Lipinski definition) is 9. The lowest BCUT2D eigenvalue weighted by Crippen LogP contribution is -2.35. The summed E-state index contributed by atoms with van der Waals surface area (Å²) in [6, 6.07) is 11.4. The fourth-order valence-corrected chi connectivity index (χ4v) is 7.59. The van der Waals surface area contributed by atoms with E-state index < -0.39 is 0 Å². The largest absolute Gasteiger partial charge is 0.481 e. The van der Waals surface area contributed by atoms with Crippen LogP contribution in [-0.2, 0) is 37.8 Å². The zero-order valence-electron chi connectivity index (χ0n) is 30.8. The van der Waals surface area contributed by atoms with E-state index in [0.717, 1.165) is 49.3 Å². The topological polar surface area (TPSA) is 144 Å². The highest BCUT2D eigenvalue weighted by molar-refractivity contribution is 6.39. The van der Waals surface area contributed by atoms with Crippen molar-refractivity contribution in [1.29, 1.82) is 0 Å². The van der Waals surface area contributed by atoms with Crippen molar-refractivity contribution in [3.05, 3.63) is 93.4 Å². The first-order chi connectivity index (χ1) is 26.1. The number of benzene rings is 1. The molecular weight excluding hydrogens is 727 g/mol. The minimum Gasteiger partial charge on any atom is -0.481 e. The molecule has 282 valence electrons. The average Bonchev–Trinajstić information content (AvgIpc) is 3.90. The van der Waals surface area contributed by atoms with Gasteiger partial charge in [0.1, 0.15) is 0 Å². The number of amides is 2. The van der Waals surface area contributed by atoms with Crippen molar-refractivity contribution in [1.82, 2.24) is 44.8 Å². The number of fused-ring (bicyclic) bond motifs is 1. The second kappa shape index (κ2) is 16.3. The van der Waals surface area contributed by atoms with Crippen molar-refractivity contribution >= 4 is 40.7 Å². The molecule has 15 heteroatoms. The van der Waals surface area contributed by atoms with E-state index in [4.69, 9.17) is 37.9 Å². The number of hydrogen-bond donors (Lipinski definition) is 3. The van der Waals surface area contributed by atoms with Gasteiger partial charge in [-0.05, 0) is 50.5 Å². The Balaban J connectivity index is 1.04. The third kappa shape index (κ3) is 8.00. The van der Waals surface area contributed by atoms with Crippen LogP contribution in [0.15, 0.2) is 55.0 Å². The Hall–Kier alpha value is -4.82. The van der Waals surface area contributed by atoms with Gasteiger partial charge in [0.2, 0.25) is 11.8 Å². The number of nitrogens with zero attached hydrogens (tertiary/aromatic N) is 7. The number of pyridine rings is 2. The summed E-state index contributed by atoms with van der Waals surface area (Å²) in [5.74, 6) is 0.519. The minimum absolute atomic E-state index is 0.0881. The number of aromatic nitrogens is 6. The minimum atomic E-state index is -0.356. The highest BCUT2D eigenvalue weighted by Gasteiger charge is 2.27. The molecule has 6 heterocycles. The van der Waals surface area contributed by atoms with E-state index in [0.29, 0.717) is 82.0 Å². The molecule has 3 N–H and O–H groups in total. The Labute approximate surface area is 324 Å². The highest BCUT2D eigenvalue weighted by Crippen LogP contribution is 2.40. The predicted molar refractivity (Wildman–Crippen MR) is 209 cm³/mol. The molecule has 0 radical (unpaired) electrons. The molecule has 2 amide bonds. The molecule has 0 spiro atoms. The Bertz CT molecular complexity index is 2180. The quantitative estimate of drug-likeness (QED) is 0.134. The molecule has 0 aliphatic carbocycles. The highest BCUT2D eigenvalue weighted by atomic mass is 35.5. The van der Waals surface area contributed by atoms with E-state index in [1.54, 1.807) is 31.5 Å². The predicted octanol–water partition coefficient (Wildman–Crippen LogP) is 5.86. The molecule has 1 fully saturated rings. The zero-order valence-corrected chi connectivity index (χ0v) is 32.3. The Kier molecular flexibility index (Phi) is 11.3. The molecule has 1 aromatic carbocycles. The lowest BCUT2D eigenvalue weighted by molar-refractivity contribution is -0.119. The number of carbonyl (C=O) groups is 2. The van der Waals surface area contributed by atoms with Crippen molar-refractivity contribution in [2.24, 2.45) is 7.05 Å². The number of anilines is 1. The van der Waals surface area contributed by atoms with Crippen LogP contribution in [-0.4, -0.2) is 78.8 Å². The smallest absolute Gasteiger partial charge is 0.291 e. The maximum Gasteiger partial charge on any atom is 0.291 e. The molecule has 1 atom stereocenters. The summed E-state index contributed by atoms with van der Waals surface area (Å²) in [4.78, 5) is 41.7. The zero-order chi connectivity index (χ0) is 37.9. The van der Waals surface area contributed by atoms with Crippen LogP contribution in [0.5, 0.6) is 5.88 Å². The SMILES string of the molecule is COc1nc(-c2ccnc(-c3cccc(NC(=O)c4nc5c(n4C)CCN(CCc4cnn(C(C)C)c4)C5)c3Cl)c2Cl)ccc1CNCC1CCC(=O)N1. The normalized spacial score (nSPS) is 15.8. The van der Waals surface area contributed by atoms with E-state index in [1.807, 2.05) is 40.7 Å². The monoisotopic (exact) mass is 770 g/mol. The van der Waals surface area contributed by atoms with Crippen LogP contribution in [0.25, 0.3) is 22.5 Å². The first-order valence-corrected chi connectivity index (χ1v) is 18.9. The van der Waals surface area contributed by atoms with Gasteiger partial charge in [-0.2, -0.15) is 5.10 Å². The van der Waals surface area contributed by atoms with Crippen molar-refractivity contribution in [2.45, 2.75) is 64.7 Å². The summed E-state index contributed by atoms with van der Waals surface area (Å²) in [7, 11) is 3.46. The molecule has 13 nitrogen and oxygen atoms in total. The molecule has 54 heavy (non-hydrogen) atoms. The molecule has 0 bridgehead atoms. The van der Waals surface area contributed by atoms with E-state index >= 15 is 0 Å². The van der Waals surface area contributed by atoms with Crippen LogP contribution < -0.4 is 20.7 Å². The van der Waals surface area contributed by atoms with Crippen LogP contribution in [0.3, 0.4) is 0 Å². The molecule has 5 aromatic rings. The fourth-order valence-electron chi connectivity index (χ4n) is 7.01. The molecule has 0 saturated carbocycles. The average molecular weight is 772 g/mol. The number of nitrogens with one attached hydrogen (secondary N) is 3. The van der Waals surface area contributed by atoms with Gasteiger partial charge < -0.3 is 25.3 Å². The van der Waals surface area contributed by atoms with Crippen molar-refractivity contribution in [2.75, 3.05) is 32.1 Å². The molecule has 1 unspecified atom stereocenters. The maximum atomic E-state index is 13.7. The second-order valence-corrected chi connectivity index (χ2v) is 14.8. The van der Waals surface area contributed by atoms with E-state index in [2.05, 4.69) is 51.0 Å². The summed E-state index contributed by atoms with van der Waals surface area (Å²) in [5.41, 5.74) is 6.73. The molecule has 1 saturated heterocycles. The van der Waals surface area contributed by atoms with Gasteiger partial charge in [0, 0.05) is 99.5 Å². The molecule has 2 aliphatic heterocycles. The van der Waals surface area contributed by atoms with Gasteiger partial charge in [-0.3, -0.25) is 24.2 Å². The van der Waals surface area contributed by atoms with E-state index in [1.165, 1.54) is 5.56 Å². The summed E-state index contributed by atoms with van der Waals surface area (Å²) in [5, 5.41) is 14.4. The summed E-state index contributed by atoms with van der Waals surface area (Å²) in [6.07, 6.45) is 8.78. The van der Waals surface area contributed by atoms with Gasteiger partial charge >= 0.3 is 0 Å². The lowest BCUT2D eigenvalue weighted by atomic mass is 10.1. The van der Waals surface area contributed by atoms with Crippen LogP contribution in [0.1, 0.15) is 65.9 Å². The first-order valence-electron chi connectivity index (χ1n) is 18.2. The Morgan fingerprint density at radius 3 is 2.70 bits per heavy atom. The third-order valence-corrected chi connectivity index (χ3v) is 10.8. The van der Waals surface area contributed by atoms with Gasteiger partial charge in [-0.1, -0.05) is 41.4 Å². The number of methoxy groups -OCH3 is 1. The summed E-state index contributed by atoms with van der Waals surface area (Å²) >= 11 is 14.0. The fraction of sp³-hybridized carbons (Fsp3) is 0.385. The van der Waals surface area contributed by atoms with Crippen molar-refractivity contribution in [3.63, 3.8) is 0 Å². The number of imidazole rings is 1. The number of ether oxygens (including phenoxy) is 1. The van der Waals surface area contributed by atoms with Crippen LogP contribution in [0.4, 0.5) is 5.69 Å². The first kappa shape index (κ1) is 37.5. The molecular formula is C39H44Cl2N10O3. The van der Waals surface area contributed by atoms with E-state index in [-0.39, 0.29) is 17.9 Å². The maximum absolute atomic E-state index is 13.7. The van der Waals surface area contributed by atoms with Crippen molar-refractivity contribution in [3.8, 4) is 28.4 Å². The molecule has 2 aliphatic rings. The summed E-state index contributed by atoms with van der Waals surface area (Å²) in [6.45, 7) is 7.87. The van der Waals surface area contributed by atoms with Gasteiger partial charge in [0.25, 0.3) is 5.91 Å². The summed E-state index contributed by atoms with van der Waals surface area (Å²) < 4.78 is 9.49. The van der Waals surface area contributed by atoms with E-state index in [9.17, 15) is 9.59 Å². The Morgan fingerprint density at radius 2 is 1.94 bits per heavy atom. The number of halogens is 2. The Morgan fingerprint density at radius 1 is 1.09 bits per heavy atom. The van der Waals surface area contributed by atoms with Gasteiger partial charge in [0.05, 0.1) is 46.1 Å². The number of carbonyl (C=O) groups excluding carboxylic acids is 2. The van der Waals surface area contributed by atoms with Crippen LogP contribution in [0.2, 0.25) is 10.0 Å². The molecule has 4 aromatic heterocycles. The number of rotatable bonds is 13. The van der Waals surface area contributed by atoms with Crippen LogP contribution >= 0.6 is 23.2 Å². The second-order valence-electron chi connectivity index (χ2n) is 14.0. The third-order valence-electron chi connectivity index (χ3n) is 10.0. The van der Waals surface area contributed by atoms with Gasteiger partial charge in [0.15, 0.2) is 5.82 Å². The molecule has 7 rings (SSSR count). The van der Waals surface area contributed by atoms with Gasteiger partial charge in [-0.25, -0.2) is 9.97 Å².